The zero-order chi connectivity index (χ0) is 11.3. The van der Waals surface area contributed by atoms with Crippen LogP contribution in [0.2, 0.25) is 0 Å². The minimum Gasteiger partial charge on any atom is -0.388 e. The molecule has 5 heteroatoms. The molecule has 15 heavy (non-hydrogen) atoms. The van der Waals surface area contributed by atoms with Crippen LogP contribution in [0, 0.1) is 4.91 Å². The first-order chi connectivity index (χ1) is 7.17. The van der Waals surface area contributed by atoms with Gasteiger partial charge in [0.25, 0.3) is 0 Å². The lowest BCUT2D eigenvalue weighted by Gasteiger charge is -2.04. The number of nitroso groups, excluding NO2 is 1. The molecule has 0 saturated carbocycles. The molecule has 1 aromatic carbocycles. The van der Waals surface area contributed by atoms with E-state index in [1.165, 1.54) is 12.2 Å². The van der Waals surface area contributed by atoms with Crippen LogP contribution in [0.15, 0.2) is 29.5 Å². The van der Waals surface area contributed by atoms with E-state index in [-0.39, 0.29) is 0 Å². The van der Waals surface area contributed by atoms with Gasteiger partial charge in [0.2, 0.25) is 5.91 Å². The Labute approximate surface area is 86.9 Å². The first kappa shape index (κ1) is 10.9. The fourth-order valence-corrected chi connectivity index (χ4v) is 1.14. The highest BCUT2D eigenvalue weighted by Gasteiger charge is 2.00. The van der Waals surface area contributed by atoms with E-state index in [4.69, 9.17) is 5.73 Å². The van der Waals surface area contributed by atoms with Gasteiger partial charge in [-0.1, -0.05) is 0 Å². The predicted molar refractivity (Wildman–Crippen MR) is 59.7 cm³/mol. The highest BCUT2D eigenvalue weighted by Crippen LogP contribution is 2.23. The van der Waals surface area contributed by atoms with Crippen molar-refractivity contribution < 1.29 is 4.79 Å². The van der Waals surface area contributed by atoms with E-state index in [9.17, 15) is 9.70 Å². The molecule has 0 atom stereocenters. The first-order valence-electron chi connectivity index (χ1n) is 4.30. The molecule has 0 heterocycles. The molecule has 0 saturated heterocycles. The minimum absolute atomic E-state index is 0.304. The zero-order valence-corrected chi connectivity index (χ0v) is 8.23. The molecule has 0 aliphatic heterocycles. The molecule has 5 nitrogen and oxygen atoms in total. The number of nitrogens with one attached hydrogen (secondary N) is 1. The summed E-state index contributed by atoms with van der Waals surface area (Å²) in [6.07, 6.45) is 2.76. The summed E-state index contributed by atoms with van der Waals surface area (Å²) in [5.74, 6) is -0.540. The molecule has 1 amide bonds. The maximum absolute atomic E-state index is 10.6. The van der Waals surface area contributed by atoms with Crippen molar-refractivity contribution in [2.24, 2.45) is 10.9 Å². The number of rotatable bonds is 4. The number of nitrogens with zero attached hydrogens (tertiary/aromatic N) is 1. The second-order valence-electron chi connectivity index (χ2n) is 2.85. The highest BCUT2D eigenvalue weighted by atomic mass is 16.3. The summed E-state index contributed by atoms with van der Waals surface area (Å²) in [6, 6.07) is 4.86. The Morgan fingerprint density at radius 2 is 2.27 bits per heavy atom. The summed E-state index contributed by atoms with van der Waals surface area (Å²) < 4.78 is 0. The summed E-state index contributed by atoms with van der Waals surface area (Å²) in [5.41, 5.74) is 6.75. The number of hydrogen-bond donors (Lipinski definition) is 2. The third-order valence-electron chi connectivity index (χ3n) is 1.84. The summed E-state index contributed by atoms with van der Waals surface area (Å²) in [7, 11) is 1.74. The molecular weight excluding hydrogens is 194 g/mol. The van der Waals surface area contributed by atoms with Crippen molar-refractivity contribution in [1.82, 2.24) is 0 Å². The van der Waals surface area contributed by atoms with Crippen LogP contribution in [-0.2, 0) is 4.79 Å². The highest BCUT2D eigenvalue weighted by molar-refractivity contribution is 5.91. The van der Waals surface area contributed by atoms with Crippen LogP contribution >= 0.6 is 0 Å². The summed E-state index contributed by atoms with van der Waals surface area (Å²) in [4.78, 5) is 20.9. The molecular formula is C10H11N3O2. The minimum atomic E-state index is -0.540. The number of hydrogen-bond acceptors (Lipinski definition) is 4. The molecule has 0 aliphatic carbocycles. The zero-order valence-electron chi connectivity index (χ0n) is 8.23. The van der Waals surface area contributed by atoms with Crippen LogP contribution < -0.4 is 11.1 Å². The first-order valence-corrected chi connectivity index (χ1v) is 4.30. The Kier molecular flexibility index (Phi) is 3.56. The van der Waals surface area contributed by atoms with E-state index >= 15 is 0 Å². The van der Waals surface area contributed by atoms with Crippen LogP contribution in [0.1, 0.15) is 5.56 Å². The molecule has 78 valence electrons. The number of nitrogens with two attached hydrogens (primary N) is 1. The molecule has 0 spiro atoms. The molecule has 1 rings (SSSR count). The number of carbonyl (C=O) groups is 1. The van der Waals surface area contributed by atoms with E-state index in [2.05, 4.69) is 10.5 Å². The van der Waals surface area contributed by atoms with Gasteiger partial charge in [-0.2, -0.15) is 0 Å². The van der Waals surface area contributed by atoms with Gasteiger partial charge < -0.3 is 11.1 Å². The normalized spacial score (nSPS) is 10.2. The molecule has 0 fully saturated rings. The Hall–Kier alpha value is -2.17. The van der Waals surface area contributed by atoms with Crippen molar-refractivity contribution in [3.63, 3.8) is 0 Å². The molecule has 0 bridgehead atoms. The van der Waals surface area contributed by atoms with Gasteiger partial charge in [-0.15, -0.1) is 4.91 Å². The number of primary amides is 1. The lowest BCUT2D eigenvalue weighted by Crippen LogP contribution is -2.05. The predicted octanol–water partition coefficient (Wildman–Crippen LogP) is 1.62. The van der Waals surface area contributed by atoms with Gasteiger partial charge in [0.05, 0.1) is 0 Å². The van der Waals surface area contributed by atoms with Crippen molar-refractivity contribution in [2.45, 2.75) is 0 Å². The number of carbonyl (C=O) groups excluding carboxylic acids is 1. The lowest BCUT2D eigenvalue weighted by molar-refractivity contribution is -0.113. The van der Waals surface area contributed by atoms with Crippen LogP contribution in [0.5, 0.6) is 0 Å². The van der Waals surface area contributed by atoms with Crippen LogP contribution in [-0.4, -0.2) is 13.0 Å². The summed E-state index contributed by atoms with van der Waals surface area (Å²) in [6.45, 7) is 0. The van der Waals surface area contributed by atoms with Crippen LogP contribution in [0.4, 0.5) is 11.4 Å². The molecule has 1 aromatic rings. The number of benzene rings is 1. The fourth-order valence-electron chi connectivity index (χ4n) is 1.14. The van der Waals surface area contributed by atoms with Crippen molar-refractivity contribution in [2.75, 3.05) is 12.4 Å². The molecule has 0 radical (unpaired) electrons. The Balaban J connectivity index is 3.11. The average Bonchev–Trinajstić information content (AvgIpc) is 2.25. The van der Waals surface area contributed by atoms with Gasteiger partial charge in [0.1, 0.15) is 5.69 Å². The standard InChI is InChI=1S/C10H11N3O2/c1-12-9-4-3-8(13-15)6-7(9)2-5-10(11)14/h2-6,12H,1H3,(H2,11,14)/b5-2+. The largest absolute Gasteiger partial charge is 0.388 e. The quantitative estimate of drug-likeness (QED) is 0.578. The van der Waals surface area contributed by atoms with Crippen LogP contribution in [0.25, 0.3) is 6.08 Å². The van der Waals surface area contributed by atoms with Gasteiger partial charge in [-0.05, 0) is 29.5 Å². The molecule has 0 aromatic heterocycles. The van der Waals surface area contributed by atoms with Gasteiger partial charge in [-0.3, -0.25) is 4.79 Å². The van der Waals surface area contributed by atoms with Gasteiger partial charge in [0, 0.05) is 24.4 Å². The fraction of sp³-hybridized carbons (Fsp3) is 0.100. The topological polar surface area (TPSA) is 84.6 Å². The van der Waals surface area contributed by atoms with E-state index in [0.29, 0.717) is 11.3 Å². The van der Waals surface area contributed by atoms with Crippen molar-refractivity contribution >= 4 is 23.4 Å². The SMILES string of the molecule is CNc1ccc(N=O)cc1/C=C/C(N)=O. The monoisotopic (exact) mass is 205 g/mol. The number of anilines is 1. The molecule has 0 unspecified atom stereocenters. The lowest BCUT2D eigenvalue weighted by atomic mass is 10.1. The van der Waals surface area contributed by atoms with E-state index in [1.54, 1.807) is 25.2 Å². The van der Waals surface area contributed by atoms with Gasteiger partial charge in [0.15, 0.2) is 0 Å². The Morgan fingerprint density at radius 3 is 2.80 bits per heavy atom. The Bertz CT molecular complexity index is 413. The second-order valence-corrected chi connectivity index (χ2v) is 2.85. The Morgan fingerprint density at radius 1 is 1.53 bits per heavy atom. The maximum atomic E-state index is 10.6. The average molecular weight is 205 g/mol. The van der Waals surface area contributed by atoms with E-state index in [1.807, 2.05) is 0 Å². The van der Waals surface area contributed by atoms with Crippen LogP contribution in [0.3, 0.4) is 0 Å². The smallest absolute Gasteiger partial charge is 0.241 e. The van der Waals surface area contributed by atoms with Gasteiger partial charge >= 0.3 is 0 Å². The maximum Gasteiger partial charge on any atom is 0.241 e. The molecule has 3 N–H and O–H groups in total. The second kappa shape index (κ2) is 4.90. The van der Waals surface area contributed by atoms with Crippen molar-refractivity contribution in [3.05, 3.63) is 34.7 Å². The van der Waals surface area contributed by atoms with Crippen molar-refractivity contribution in [1.29, 1.82) is 0 Å². The third-order valence-corrected chi connectivity index (χ3v) is 1.84. The van der Waals surface area contributed by atoms with E-state index < -0.39 is 5.91 Å². The summed E-state index contributed by atoms with van der Waals surface area (Å²) in [5, 5.41) is 5.73. The van der Waals surface area contributed by atoms with E-state index in [0.717, 1.165) is 5.69 Å². The van der Waals surface area contributed by atoms with Gasteiger partial charge in [-0.25, -0.2) is 0 Å². The third kappa shape index (κ3) is 2.91. The van der Waals surface area contributed by atoms with Crippen molar-refractivity contribution in [3.8, 4) is 0 Å². The molecule has 0 aliphatic rings. The number of amides is 1. The summed E-state index contributed by atoms with van der Waals surface area (Å²) >= 11 is 0.